The van der Waals surface area contributed by atoms with E-state index in [1.165, 1.54) is 5.52 Å². The van der Waals surface area contributed by atoms with Crippen LogP contribution in [0.15, 0.2) is 60.7 Å². The van der Waals surface area contributed by atoms with E-state index in [0.717, 1.165) is 78.3 Å². The van der Waals surface area contributed by atoms with Crippen molar-refractivity contribution in [1.82, 2.24) is 14.9 Å². The third-order valence-electron chi connectivity index (χ3n) is 7.12. The van der Waals surface area contributed by atoms with E-state index in [9.17, 15) is 4.79 Å². The van der Waals surface area contributed by atoms with Crippen LogP contribution in [-0.4, -0.2) is 42.8 Å². The number of halogens is 1. The number of imidazole rings is 1. The normalized spacial score (nSPS) is 11.0. The molecule has 1 aromatic heterocycles. The molecule has 1 amide bonds. The van der Waals surface area contributed by atoms with Crippen molar-refractivity contribution in [2.75, 3.05) is 27.4 Å². The molecule has 0 radical (unpaired) electrons. The molecule has 0 unspecified atom stereocenters. The highest BCUT2D eigenvalue weighted by Gasteiger charge is 2.11. The van der Waals surface area contributed by atoms with E-state index < -0.39 is 0 Å². The highest BCUT2D eigenvalue weighted by atomic mass is 35.5. The summed E-state index contributed by atoms with van der Waals surface area (Å²) in [5.74, 6) is 3.28. The molecule has 1 heterocycles. The summed E-state index contributed by atoms with van der Waals surface area (Å²) in [4.78, 5) is 17.3. The van der Waals surface area contributed by atoms with Crippen LogP contribution in [0, 0.1) is 6.92 Å². The van der Waals surface area contributed by atoms with E-state index in [-0.39, 0.29) is 5.91 Å². The van der Waals surface area contributed by atoms with E-state index >= 15 is 0 Å². The second-order valence-corrected chi connectivity index (χ2v) is 10.6. The summed E-state index contributed by atoms with van der Waals surface area (Å²) in [6, 6.07) is 19.7. The van der Waals surface area contributed by atoms with Crippen molar-refractivity contribution >= 4 is 28.5 Å². The molecule has 8 heteroatoms. The highest BCUT2D eigenvalue weighted by Crippen LogP contribution is 2.27. The Bertz CT molecular complexity index is 1440. The third kappa shape index (κ3) is 8.64. The predicted molar refractivity (Wildman–Crippen MR) is 164 cm³/mol. The van der Waals surface area contributed by atoms with E-state index in [1.807, 2.05) is 49.4 Å². The smallest absolute Gasteiger partial charge is 0.224 e. The molecular weight excluding hydrogens is 538 g/mol. The number of para-hydroxylation sites is 2. The topological polar surface area (TPSA) is 74.6 Å². The van der Waals surface area contributed by atoms with Crippen LogP contribution in [-0.2, 0) is 24.2 Å². The summed E-state index contributed by atoms with van der Waals surface area (Å²) in [6.45, 7) is 4.22. The largest absolute Gasteiger partial charge is 0.494 e. The lowest BCUT2D eigenvalue weighted by Gasteiger charge is -2.11. The van der Waals surface area contributed by atoms with Crippen molar-refractivity contribution in [1.29, 1.82) is 0 Å². The van der Waals surface area contributed by atoms with E-state index in [4.69, 9.17) is 30.8 Å². The van der Waals surface area contributed by atoms with Crippen molar-refractivity contribution in [2.24, 2.45) is 0 Å². The van der Waals surface area contributed by atoms with Gasteiger partial charge in [-0.15, -0.1) is 0 Å². The van der Waals surface area contributed by atoms with Crippen LogP contribution in [0.25, 0.3) is 11.0 Å². The number of nitrogens with one attached hydrogen (secondary N) is 1. The van der Waals surface area contributed by atoms with Gasteiger partial charge < -0.3 is 24.1 Å². The second-order valence-electron chi connectivity index (χ2n) is 10.2. The summed E-state index contributed by atoms with van der Waals surface area (Å²) in [7, 11) is 3.19. The average molecular weight is 578 g/mol. The second kappa shape index (κ2) is 15.3. The molecule has 0 aliphatic carbocycles. The number of hydrogen-bond acceptors (Lipinski definition) is 5. The van der Waals surface area contributed by atoms with Gasteiger partial charge in [-0.3, -0.25) is 4.79 Å². The molecule has 0 atom stereocenters. The summed E-state index contributed by atoms with van der Waals surface area (Å²) >= 11 is 6.11. The first-order chi connectivity index (χ1) is 20.0. The van der Waals surface area contributed by atoms with Gasteiger partial charge in [0.05, 0.1) is 38.3 Å². The molecule has 1 N–H and O–H groups in total. The first kappa shape index (κ1) is 30.3. The number of amides is 1. The lowest BCUT2D eigenvalue weighted by molar-refractivity contribution is -0.120. The maximum Gasteiger partial charge on any atom is 0.224 e. The number of methoxy groups -OCH3 is 2. The van der Waals surface area contributed by atoms with Crippen LogP contribution < -0.4 is 19.5 Å². The molecule has 7 nitrogen and oxygen atoms in total. The van der Waals surface area contributed by atoms with Gasteiger partial charge in [-0.1, -0.05) is 36.2 Å². The minimum atomic E-state index is 0.00851. The summed E-state index contributed by atoms with van der Waals surface area (Å²) in [5.41, 5.74) is 4.14. The number of carbonyl (C=O) groups is 1. The predicted octanol–water partition coefficient (Wildman–Crippen LogP) is 6.95. The Balaban J connectivity index is 1.19. The standard InChI is InChI=1S/C33H40ClN3O4/c1-24-21-26(15-16-27(24)34)41-20-10-9-19-37-29-12-7-6-11-28(29)36-32(37)13-5-4-8-18-35-33(38)23-25-14-17-30(39-2)31(22-25)40-3/h6-7,11-12,14-17,21-22H,4-5,8-10,13,18-20,23H2,1-3H3,(H,35,38). The van der Waals surface area contributed by atoms with Crippen LogP contribution in [0.3, 0.4) is 0 Å². The van der Waals surface area contributed by atoms with Gasteiger partial charge >= 0.3 is 0 Å². The third-order valence-corrected chi connectivity index (χ3v) is 7.54. The molecule has 4 rings (SSSR count). The number of carbonyl (C=O) groups excluding carboxylic acids is 1. The molecule has 0 fully saturated rings. The Labute approximate surface area is 247 Å². The quantitative estimate of drug-likeness (QED) is 0.146. The zero-order chi connectivity index (χ0) is 29.0. The van der Waals surface area contributed by atoms with Crippen molar-refractivity contribution in [3.8, 4) is 17.2 Å². The molecule has 0 spiro atoms. The Morgan fingerprint density at radius 3 is 2.56 bits per heavy atom. The summed E-state index contributed by atoms with van der Waals surface area (Å²) < 4.78 is 18.9. The Morgan fingerprint density at radius 2 is 1.76 bits per heavy atom. The van der Waals surface area contributed by atoms with Gasteiger partial charge in [0.1, 0.15) is 11.6 Å². The molecule has 0 aliphatic rings. The number of nitrogens with zero attached hydrogens (tertiary/aromatic N) is 2. The molecule has 3 aromatic carbocycles. The average Bonchev–Trinajstić information content (AvgIpc) is 3.33. The van der Waals surface area contributed by atoms with Gasteiger partial charge in [0, 0.05) is 24.5 Å². The first-order valence-electron chi connectivity index (χ1n) is 14.3. The first-order valence-corrected chi connectivity index (χ1v) is 14.7. The Morgan fingerprint density at radius 1 is 0.927 bits per heavy atom. The van der Waals surface area contributed by atoms with E-state index in [0.29, 0.717) is 31.1 Å². The van der Waals surface area contributed by atoms with E-state index in [2.05, 4.69) is 28.1 Å². The fourth-order valence-corrected chi connectivity index (χ4v) is 5.00. The number of hydrogen-bond donors (Lipinski definition) is 1. The molecule has 0 aliphatic heterocycles. The monoisotopic (exact) mass is 577 g/mol. The number of rotatable bonds is 16. The maximum absolute atomic E-state index is 12.4. The zero-order valence-electron chi connectivity index (χ0n) is 24.2. The maximum atomic E-state index is 12.4. The number of fused-ring (bicyclic) bond motifs is 1. The summed E-state index contributed by atoms with van der Waals surface area (Å²) in [6.07, 6.45) is 6.16. The van der Waals surface area contributed by atoms with Crippen molar-refractivity contribution in [2.45, 2.75) is 58.4 Å². The van der Waals surface area contributed by atoms with Gasteiger partial charge in [-0.2, -0.15) is 0 Å². The van der Waals surface area contributed by atoms with Crippen LogP contribution in [0.1, 0.15) is 49.1 Å². The highest BCUT2D eigenvalue weighted by molar-refractivity contribution is 6.31. The van der Waals surface area contributed by atoms with Crippen LogP contribution in [0.2, 0.25) is 5.02 Å². The number of ether oxygens (including phenoxy) is 3. The number of benzene rings is 3. The van der Waals surface area contributed by atoms with Crippen molar-refractivity contribution in [3.05, 3.63) is 82.6 Å². The lowest BCUT2D eigenvalue weighted by atomic mass is 10.1. The molecular formula is C33H40ClN3O4. The van der Waals surface area contributed by atoms with E-state index in [1.54, 1.807) is 14.2 Å². The SMILES string of the molecule is COc1ccc(CC(=O)NCCCCCc2nc3ccccc3n2CCCCOc2ccc(Cl)c(C)c2)cc1OC. The number of aryl methyl sites for hydroxylation is 3. The summed E-state index contributed by atoms with van der Waals surface area (Å²) in [5, 5.41) is 3.79. The fraction of sp³-hybridized carbons (Fsp3) is 0.394. The fourth-order valence-electron chi connectivity index (χ4n) is 4.89. The Kier molecular flexibility index (Phi) is 11.3. The molecule has 41 heavy (non-hydrogen) atoms. The molecule has 0 bridgehead atoms. The lowest BCUT2D eigenvalue weighted by Crippen LogP contribution is -2.26. The molecule has 4 aromatic rings. The Hall–Kier alpha value is -3.71. The van der Waals surface area contributed by atoms with Crippen molar-refractivity contribution < 1.29 is 19.0 Å². The van der Waals surface area contributed by atoms with Crippen LogP contribution in [0.4, 0.5) is 0 Å². The minimum Gasteiger partial charge on any atom is -0.494 e. The van der Waals surface area contributed by atoms with Gasteiger partial charge in [0.25, 0.3) is 0 Å². The molecule has 0 saturated carbocycles. The van der Waals surface area contributed by atoms with Crippen LogP contribution in [0.5, 0.6) is 17.2 Å². The van der Waals surface area contributed by atoms with Gasteiger partial charge in [0.15, 0.2) is 11.5 Å². The molecule has 0 saturated heterocycles. The van der Waals surface area contributed by atoms with Gasteiger partial charge in [0.2, 0.25) is 5.91 Å². The van der Waals surface area contributed by atoms with Gasteiger partial charge in [-0.05, 0) is 86.2 Å². The minimum absolute atomic E-state index is 0.00851. The number of unbranched alkanes of at least 4 members (excludes halogenated alkanes) is 3. The zero-order valence-corrected chi connectivity index (χ0v) is 25.0. The van der Waals surface area contributed by atoms with Crippen LogP contribution >= 0.6 is 11.6 Å². The van der Waals surface area contributed by atoms with Gasteiger partial charge in [-0.25, -0.2) is 4.98 Å². The molecule has 218 valence electrons. The number of aromatic nitrogens is 2. The van der Waals surface area contributed by atoms with Crippen molar-refractivity contribution in [3.63, 3.8) is 0 Å².